The van der Waals surface area contributed by atoms with Gasteiger partial charge < -0.3 is 10.2 Å². The van der Waals surface area contributed by atoms with Crippen molar-refractivity contribution in [3.8, 4) is 0 Å². The molecular weight excluding hydrogens is 319 g/mol. The van der Waals surface area contributed by atoms with Crippen LogP contribution in [0.3, 0.4) is 0 Å². The summed E-state index contributed by atoms with van der Waals surface area (Å²) in [6, 6.07) is 5.84. The van der Waals surface area contributed by atoms with Crippen molar-refractivity contribution in [1.29, 1.82) is 0 Å². The normalized spacial score (nSPS) is 19.9. The van der Waals surface area contributed by atoms with Crippen molar-refractivity contribution < 1.29 is 9.18 Å². The van der Waals surface area contributed by atoms with Gasteiger partial charge in [0.15, 0.2) is 0 Å². The predicted molar refractivity (Wildman–Crippen MR) is 95.8 cm³/mol. The van der Waals surface area contributed by atoms with Crippen LogP contribution < -0.4 is 5.32 Å². The first-order chi connectivity index (χ1) is 11.8. The molecule has 5 nitrogen and oxygen atoms in total. The molecule has 0 unspecified atom stereocenters. The molecule has 0 bridgehead atoms. The Bertz CT molecular complexity index is 738. The van der Waals surface area contributed by atoms with Crippen molar-refractivity contribution in [1.82, 2.24) is 14.7 Å². The summed E-state index contributed by atoms with van der Waals surface area (Å²) in [5.74, 6) is 0.0642. The molecule has 1 saturated heterocycles. The summed E-state index contributed by atoms with van der Waals surface area (Å²) in [5, 5.41) is 7.10. The summed E-state index contributed by atoms with van der Waals surface area (Å²) in [6.07, 6.45) is 4.45. The van der Waals surface area contributed by atoms with Crippen molar-refractivity contribution in [3.63, 3.8) is 0 Å². The number of benzene rings is 1. The summed E-state index contributed by atoms with van der Waals surface area (Å²) in [5.41, 5.74) is 2.03. The average Bonchev–Trinajstić information content (AvgIpc) is 3.10. The highest BCUT2D eigenvalue weighted by molar-refractivity contribution is 5.90. The quantitative estimate of drug-likeness (QED) is 0.907. The average molecular weight is 344 g/mol. The Hall–Kier alpha value is -2.21. The van der Waals surface area contributed by atoms with Crippen LogP contribution in [-0.4, -0.2) is 40.2 Å². The van der Waals surface area contributed by atoms with Crippen molar-refractivity contribution in [2.45, 2.75) is 26.2 Å². The second-order valence-electron chi connectivity index (χ2n) is 7.53. The lowest BCUT2D eigenvalue weighted by Crippen LogP contribution is -2.27. The molecule has 3 rings (SSSR count). The van der Waals surface area contributed by atoms with Gasteiger partial charge in [0.05, 0.1) is 6.20 Å². The predicted octanol–water partition coefficient (Wildman–Crippen LogP) is 3.01. The van der Waals surface area contributed by atoms with Crippen LogP contribution in [0.1, 0.15) is 31.7 Å². The molecule has 1 amide bonds. The molecule has 0 aliphatic carbocycles. The number of halogens is 1. The van der Waals surface area contributed by atoms with E-state index in [0.717, 1.165) is 13.1 Å². The SMILES string of the molecule is Cn1cc([C@@H]2CN(CCC(=O)Nc3ccc(F)cc3)CC2(C)C)cn1. The number of amides is 1. The fourth-order valence-electron chi connectivity index (χ4n) is 3.62. The summed E-state index contributed by atoms with van der Waals surface area (Å²) >= 11 is 0. The Kier molecular flexibility index (Phi) is 4.90. The van der Waals surface area contributed by atoms with Crippen LogP contribution in [0.4, 0.5) is 10.1 Å². The van der Waals surface area contributed by atoms with Gasteiger partial charge in [-0.2, -0.15) is 5.10 Å². The van der Waals surface area contributed by atoms with Gasteiger partial charge in [-0.3, -0.25) is 9.48 Å². The van der Waals surface area contributed by atoms with Crippen molar-refractivity contribution in [2.24, 2.45) is 12.5 Å². The monoisotopic (exact) mass is 344 g/mol. The molecular formula is C19H25FN4O. The number of carbonyl (C=O) groups excluding carboxylic acids is 1. The smallest absolute Gasteiger partial charge is 0.225 e. The maximum Gasteiger partial charge on any atom is 0.225 e. The minimum atomic E-state index is -0.307. The van der Waals surface area contributed by atoms with Crippen molar-refractivity contribution in [2.75, 3.05) is 25.0 Å². The first-order valence-corrected chi connectivity index (χ1v) is 8.60. The van der Waals surface area contributed by atoms with Crippen molar-refractivity contribution in [3.05, 3.63) is 48.0 Å². The van der Waals surface area contributed by atoms with Gasteiger partial charge in [0.2, 0.25) is 5.91 Å². The van der Waals surface area contributed by atoms with Gasteiger partial charge in [0.25, 0.3) is 0 Å². The Labute approximate surface area is 147 Å². The Balaban J connectivity index is 1.53. The largest absolute Gasteiger partial charge is 0.326 e. The molecule has 0 radical (unpaired) electrons. The zero-order valence-electron chi connectivity index (χ0n) is 15.0. The zero-order chi connectivity index (χ0) is 18.0. The van der Waals surface area contributed by atoms with Crippen LogP contribution in [0.15, 0.2) is 36.7 Å². The first kappa shape index (κ1) is 17.6. The molecule has 1 aromatic carbocycles. The van der Waals surface area contributed by atoms with Crippen LogP contribution >= 0.6 is 0 Å². The number of aromatic nitrogens is 2. The van der Waals surface area contributed by atoms with Crippen LogP contribution in [0.25, 0.3) is 0 Å². The van der Waals surface area contributed by atoms with E-state index in [9.17, 15) is 9.18 Å². The number of hydrogen-bond donors (Lipinski definition) is 1. The third kappa shape index (κ3) is 4.25. The molecule has 1 aromatic heterocycles. The fraction of sp³-hybridized carbons (Fsp3) is 0.474. The lowest BCUT2D eigenvalue weighted by molar-refractivity contribution is -0.116. The van der Waals surface area contributed by atoms with Gasteiger partial charge in [0.1, 0.15) is 5.82 Å². The zero-order valence-corrected chi connectivity index (χ0v) is 15.0. The lowest BCUT2D eigenvalue weighted by atomic mass is 9.79. The number of rotatable bonds is 5. The third-order valence-electron chi connectivity index (χ3n) is 4.93. The van der Waals surface area contributed by atoms with Gasteiger partial charge >= 0.3 is 0 Å². The molecule has 6 heteroatoms. The number of anilines is 1. The number of carbonyl (C=O) groups is 1. The van der Waals surface area contributed by atoms with E-state index in [1.165, 1.54) is 17.7 Å². The molecule has 0 spiro atoms. The highest BCUT2D eigenvalue weighted by atomic mass is 19.1. The van der Waals surface area contributed by atoms with Crippen LogP contribution in [0.5, 0.6) is 0 Å². The Morgan fingerprint density at radius 2 is 2.08 bits per heavy atom. The second kappa shape index (κ2) is 6.96. The highest BCUT2D eigenvalue weighted by Gasteiger charge is 2.40. The van der Waals surface area contributed by atoms with Crippen LogP contribution in [0, 0.1) is 11.2 Å². The molecule has 1 aliphatic heterocycles. The van der Waals surface area contributed by atoms with E-state index in [4.69, 9.17) is 0 Å². The van der Waals surface area contributed by atoms with E-state index in [-0.39, 0.29) is 17.1 Å². The van der Waals surface area contributed by atoms with Crippen molar-refractivity contribution >= 4 is 11.6 Å². The molecule has 1 fully saturated rings. The summed E-state index contributed by atoms with van der Waals surface area (Å²) in [7, 11) is 1.93. The fourth-order valence-corrected chi connectivity index (χ4v) is 3.62. The molecule has 25 heavy (non-hydrogen) atoms. The maximum atomic E-state index is 12.9. The topological polar surface area (TPSA) is 50.2 Å². The van der Waals surface area contributed by atoms with E-state index < -0.39 is 0 Å². The number of likely N-dealkylation sites (tertiary alicyclic amines) is 1. The molecule has 1 N–H and O–H groups in total. The van der Waals surface area contributed by atoms with Gasteiger partial charge in [-0.15, -0.1) is 0 Å². The van der Waals surface area contributed by atoms with Gasteiger partial charge in [-0.05, 0) is 35.2 Å². The Morgan fingerprint density at radius 1 is 1.36 bits per heavy atom. The number of nitrogens with zero attached hydrogens (tertiary/aromatic N) is 3. The van der Waals surface area contributed by atoms with E-state index >= 15 is 0 Å². The minimum absolute atomic E-state index is 0.0470. The summed E-state index contributed by atoms with van der Waals surface area (Å²) < 4.78 is 14.7. The van der Waals surface area contributed by atoms with E-state index in [0.29, 0.717) is 24.6 Å². The minimum Gasteiger partial charge on any atom is -0.326 e. The summed E-state index contributed by atoms with van der Waals surface area (Å²) in [6.45, 7) is 7.14. The van der Waals surface area contributed by atoms with Crippen LogP contribution in [0.2, 0.25) is 0 Å². The third-order valence-corrected chi connectivity index (χ3v) is 4.93. The molecule has 0 saturated carbocycles. The number of aryl methyl sites for hydroxylation is 1. The lowest BCUT2D eigenvalue weighted by Gasteiger charge is -2.24. The maximum absolute atomic E-state index is 12.9. The first-order valence-electron chi connectivity index (χ1n) is 8.60. The number of nitrogens with one attached hydrogen (secondary N) is 1. The number of hydrogen-bond acceptors (Lipinski definition) is 3. The Morgan fingerprint density at radius 3 is 2.72 bits per heavy atom. The van der Waals surface area contributed by atoms with E-state index in [1.54, 1.807) is 12.1 Å². The van der Waals surface area contributed by atoms with Gasteiger partial charge in [-0.1, -0.05) is 13.8 Å². The molecule has 2 aromatic rings. The molecule has 1 aliphatic rings. The highest BCUT2D eigenvalue weighted by Crippen LogP contribution is 2.42. The summed E-state index contributed by atoms with van der Waals surface area (Å²) in [4.78, 5) is 14.5. The molecule has 2 heterocycles. The molecule has 134 valence electrons. The van der Waals surface area contributed by atoms with Crippen LogP contribution in [-0.2, 0) is 11.8 Å². The standard InChI is InChI=1S/C19H25FN4O/c1-19(2)13-24(12-17(19)14-10-21-23(3)11-14)9-8-18(25)22-16-6-4-15(20)5-7-16/h4-7,10-11,17H,8-9,12-13H2,1-3H3,(H,22,25)/t17-/m0/s1. The van der Waals surface area contributed by atoms with E-state index in [1.807, 2.05) is 17.9 Å². The second-order valence-corrected chi connectivity index (χ2v) is 7.53. The molecule has 1 atom stereocenters. The van der Waals surface area contributed by atoms with Gasteiger partial charge in [0, 0.05) is 50.9 Å². The van der Waals surface area contributed by atoms with E-state index in [2.05, 4.69) is 35.4 Å². The van der Waals surface area contributed by atoms with Gasteiger partial charge in [-0.25, -0.2) is 4.39 Å².